The fourth-order valence-electron chi connectivity index (χ4n) is 4.15. The van der Waals surface area contributed by atoms with Crippen molar-refractivity contribution in [3.8, 4) is 5.69 Å². The Hall–Kier alpha value is -3.16. The van der Waals surface area contributed by atoms with E-state index >= 15 is 0 Å². The summed E-state index contributed by atoms with van der Waals surface area (Å²) in [6.45, 7) is 7.69. The summed E-state index contributed by atoms with van der Waals surface area (Å²) in [5, 5.41) is 8.82. The van der Waals surface area contributed by atoms with Crippen molar-refractivity contribution in [2.24, 2.45) is 0 Å². The van der Waals surface area contributed by atoms with E-state index in [1.165, 1.54) is 0 Å². The molecule has 2 aromatic heterocycles. The molecule has 1 aliphatic heterocycles. The number of hydrogen-bond donors (Lipinski definition) is 1. The molecule has 2 fully saturated rings. The standard InChI is InChI=1S/C23H29N7O/c1-3-11-24-23(31)29-14-12-28(13-15-29)21-19-16(2)27-30(18-7-5-4-6-8-18)22(19)26-20(25-21)17-9-10-17/h4-8,17H,3,9-15H2,1-2H3,(H,24,31). The van der Waals surface area contributed by atoms with Gasteiger partial charge in [0, 0.05) is 38.6 Å². The summed E-state index contributed by atoms with van der Waals surface area (Å²) in [6, 6.07) is 10.2. The van der Waals surface area contributed by atoms with Crippen molar-refractivity contribution in [2.75, 3.05) is 37.6 Å². The molecule has 2 amide bonds. The Morgan fingerprint density at radius 1 is 1.10 bits per heavy atom. The molecule has 1 aromatic carbocycles. The maximum atomic E-state index is 12.3. The van der Waals surface area contributed by atoms with Crippen LogP contribution >= 0.6 is 0 Å². The highest BCUT2D eigenvalue weighted by atomic mass is 16.2. The second-order valence-corrected chi connectivity index (χ2v) is 8.42. The van der Waals surface area contributed by atoms with E-state index < -0.39 is 0 Å². The molecular weight excluding hydrogens is 390 g/mol. The Kier molecular flexibility index (Phi) is 5.21. The number of carbonyl (C=O) groups is 1. The molecule has 1 saturated heterocycles. The number of para-hydroxylation sites is 1. The Balaban J connectivity index is 1.49. The van der Waals surface area contributed by atoms with Crippen LogP contribution in [0.4, 0.5) is 10.6 Å². The molecule has 1 saturated carbocycles. The van der Waals surface area contributed by atoms with Crippen LogP contribution in [0.25, 0.3) is 16.7 Å². The number of amides is 2. The number of piperazine rings is 1. The third-order valence-corrected chi connectivity index (χ3v) is 6.04. The van der Waals surface area contributed by atoms with Crippen molar-refractivity contribution in [3.63, 3.8) is 0 Å². The highest BCUT2D eigenvalue weighted by Gasteiger charge is 2.31. The molecule has 1 aliphatic carbocycles. The van der Waals surface area contributed by atoms with Gasteiger partial charge in [-0.2, -0.15) is 5.10 Å². The lowest BCUT2D eigenvalue weighted by Gasteiger charge is -2.35. The van der Waals surface area contributed by atoms with E-state index in [0.29, 0.717) is 25.6 Å². The third kappa shape index (κ3) is 3.82. The van der Waals surface area contributed by atoms with Gasteiger partial charge in [-0.1, -0.05) is 25.1 Å². The van der Waals surface area contributed by atoms with Gasteiger partial charge in [0.25, 0.3) is 0 Å². The van der Waals surface area contributed by atoms with E-state index in [1.807, 2.05) is 34.7 Å². The molecule has 0 atom stereocenters. The number of benzene rings is 1. The van der Waals surface area contributed by atoms with Crippen molar-refractivity contribution in [1.82, 2.24) is 30.0 Å². The number of aryl methyl sites for hydroxylation is 1. The SMILES string of the molecule is CCCNC(=O)N1CCN(c2nc(C3CC3)nc3c2c(C)nn3-c2ccccc2)CC1. The van der Waals surface area contributed by atoms with Gasteiger partial charge in [-0.25, -0.2) is 19.4 Å². The van der Waals surface area contributed by atoms with E-state index in [-0.39, 0.29) is 6.03 Å². The monoisotopic (exact) mass is 419 g/mol. The number of aromatic nitrogens is 4. The molecule has 5 rings (SSSR count). The second-order valence-electron chi connectivity index (χ2n) is 8.42. The average molecular weight is 420 g/mol. The van der Waals surface area contributed by atoms with Gasteiger partial charge < -0.3 is 15.1 Å². The van der Waals surface area contributed by atoms with Crippen LogP contribution in [0.5, 0.6) is 0 Å². The lowest BCUT2D eigenvalue weighted by atomic mass is 10.2. The van der Waals surface area contributed by atoms with Crippen LogP contribution in [0.2, 0.25) is 0 Å². The largest absolute Gasteiger partial charge is 0.352 e. The van der Waals surface area contributed by atoms with Crippen molar-refractivity contribution < 1.29 is 4.79 Å². The van der Waals surface area contributed by atoms with Crippen LogP contribution < -0.4 is 10.2 Å². The van der Waals surface area contributed by atoms with Gasteiger partial charge in [0.2, 0.25) is 0 Å². The van der Waals surface area contributed by atoms with Crippen LogP contribution in [0.1, 0.15) is 43.6 Å². The van der Waals surface area contributed by atoms with Gasteiger partial charge in [-0.05, 0) is 38.3 Å². The van der Waals surface area contributed by atoms with E-state index in [0.717, 1.165) is 66.4 Å². The van der Waals surface area contributed by atoms with Gasteiger partial charge in [0.05, 0.1) is 16.8 Å². The third-order valence-electron chi connectivity index (χ3n) is 6.04. The van der Waals surface area contributed by atoms with Crippen LogP contribution in [-0.4, -0.2) is 63.4 Å². The Morgan fingerprint density at radius 3 is 2.52 bits per heavy atom. The molecule has 8 heteroatoms. The minimum absolute atomic E-state index is 0.0288. The van der Waals surface area contributed by atoms with Crippen LogP contribution in [0.15, 0.2) is 30.3 Å². The number of anilines is 1. The molecule has 3 aromatic rings. The zero-order valence-electron chi connectivity index (χ0n) is 18.2. The molecular formula is C23H29N7O. The first-order valence-electron chi connectivity index (χ1n) is 11.3. The molecule has 3 heterocycles. The number of nitrogens with zero attached hydrogens (tertiary/aromatic N) is 6. The fraction of sp³-hybridized carbons (Fsp3) is 0.478. The van der Waals surface area contributed by atoms with Crippen LogP contribution in [0.3, 0.4) is 0 Å². The fourth-order valence-corrected chi connectivity index (χ4v) is 4.15. The molecule has 0 spiro atoms. The topological polar surface area (TPSA) is 79.2 Å². The van der Waals surface area contributed by atoms with Crippen molar-refractivity contribution in [3.05, 3.63) is 41.9 Å². The number of nitrogens with one attached hydrogen (secondary N) is 1. The highest BCUT2D eigenvalue weighted by molar-refractivity contribution is 5.91. The van der Waals surface area contributed by atoms with Gasteiger partial charge in [0.15, 0.2) is 5.65 Å². The van der Waals surface area contributed by atoms with Crippen molar-refractivity contribution in [2.45, 2.75) is 39.0 Å². The molecule has 0 bridgehead atoms. The summed E-state index contributed by atoms with van der Waals surface area (Å²) in [5.41, 5.74) is 2.81. The summed E-state index contributed by atoms with van der Waals surface area (Å²) in [6.07, 6.45) is 3.24. The van der Waals surface area contributed by atoms with E-state index in [1.54, 1.807) is 0 Å². The minimum atomic E-state index is 0.0288. The minimum Gasteiger partial charge on any atom is -0.352 e. The first-order valence-corrected chi connectivity index (χ1v) is 11.3. The average Bonchev–Trinajstić information content (AvgIpc) is 3.61. The Bertz CT molecular complexity index is 1080. The quantitative estimate of drug-likeness (QED) is 0.687. The predicted octanol–water partition coefficient (Wildman–Crippen LogP) is 3.24. The smallest absolute Gasteiger partial charge is 0.317 e. The zero-order chi connectivity index (χ0) is 21.4. The number of fused-ring (bicyclic) bond motifs is 1. The van der Waals surface area contributed by atoms with Gasteiger partial charge in [0.1, 0.15) is 11.6 Å². The van der Waals surface area contributed by atoms with E-state index in [2.05, 4.69) is 29.3 Å². The van der Waals surface area contributed by atoms with Gasteiger partial charge in [-0.15, -0.1) is 0 Å². The van der Waals surface area contributed by atoms with Crippen molar-refractivity contribution >= 4 is 22.9 Å². The van der Waals surface area contributed by atoms with Gasteiger partial charge >= 0.3 is 6.03 Å². The Morgan fingerprint density at radius 2 is 1.84 bits per heavy atom. The van der Waals surface area contributed by atoms with Crippen LogP contribution in [0, 0.1) is 6.92 Å². The predicted molar refractivity (Wildman–Crippen MR) is 121 cm³/mol. The molecule has 8 nitrogen and oxygen atoms in total. The molecule has 0 radical (unpaired) electrons. The highest BCUT2D eigenvalue weighted by Crippen LogP contribution is 2.40. The van der Waals surface area contributed by atoms with E-state index in [9.17, 15) is 4.79 Å². The summed E-state index contributed by atoms with van der Waals surface area (Å²) < 4.78 is 1.94. The van der Waals surface area contributed by atoms with Gasteiger partial charge in [-0.3, -0.25) is 0 Å². The molecule has 31 heavy (non-hydrogen) atoms. The number of rotatable bonds is 5. The zero-order valence-corrected chi connectivity index (χ0v) is 18.2. The number of hydrogen-bond acceptors (Lipinski definition) is 5. The summed E-state index contributed by atoms with van der Waals surface area (Å²) >= 11 is 0. The summed E-state index contributed by atoms with van der Waals surface area (Å²) in [7, 11) is 0. The lowest BCUT2D eigenvalue weighted by molar-refractivity contribution is 0.194. The first kappa shape index (κ1) is 19.8. The summed E-state index contributed by atoms with van der Waals surface area (Å²) in [4.78, 5) is 26.5. The van der Waals surface area contributed by atoms with Crippen molar-refractivity contribution in [1.29, 1.82) is 0 Å². The Labute approximate surface area is 182 Å². The van der Waals surface area contributed by atoms with E-state index in [4.69, 9.17) is 15.1 Å². The lowest BCUT2D eigenvalue weighted by Crippen LogP contribution is -2.52. The normalized spacial score (nSPS) is 16.7. The first-order chi connectivity index (χ1) is 15.2. The number of urea groups is 1. The molecule has 1 N–H and O–H groups in total. The summed E-state index contributed by atoms with van der Waals surface area (Å²) in [5.74, 6) is 2.33. The second kappa shape index (κ2) is 8.17. The number of carbonyl (C=O) groups excluding carboxylic acids is 1. The van der Waals surface area contributed by atoms with Crippen LogP contribution in [-0.2, 0) is 0 Å². The molecule has 0 unspecified atom stereocenters. The molecule has 2 aliphatic rings. The maximum Gasteiger partial charge on any atom is 0.317 e. The molecule has 162 valence electrons. The maximum absolute atomic E-state index is 12.3.